The summed E-state index contributed by atoms with van der Waals surface area (Å²) in [6, 6.07) is 17.5. The zero-order valence-corrected chi connectivity index (χ0v) is 16.7. The first-order valence-electron chi connectivity index (χ1n) is 8.77. The van der Waals surface area contributed by atoms with Crippen LogP contribution < -0.4 is 0 Å². The Morgan fingerprint density at radius 3 is 1.58 bits per heavy atom. The predicted molar refractivity (Wildman–Crippen MR) is 107 cm³/mol. The van der Waals surface area contributed by atoms with Crippen molar-refractivity contribution in [3.05, 3.63) is 71.3 Å². The second-order valence-electron chi connectivity index (χ2n) is 3.95. The highest BCUT2D eigenvalue weighted by atomic mass is 19.1. The molecule has 0 saturated carbocycles. The number of Topliss-reactive ketones (excluding diaryl/α,β-unsaturated/α-hetero) is 1. The monoisotopic (exact) mass is 334 g/mol. The second-order valence-corrected chi connectivity index (χ2v) is 3.95. The molecule has 24 heavy (non-hydrogen) atoms. The molecule has 0 amide bonds. The maximum Gasteiger partial charge on any atom is 0.167 e. The van der Waals surface area contributed by atoms with Gasteiger partial charge in [0.1, 0.15) is 0 Å². The molecule has 0 fully saturated rings. The van der Waals surface area contributed by atoms with E-state index >= 15 is 0 Å². The van der Waals surface area contributed by atoms with Crippen LogP contribution in [0.1, 0.15) is 63.0 Å². The number of aryl methyl sites for hydroxylation is 1. The quantitative estimate of drug-likeness (QED) is 0.548. The maximum atomic E-state index is 11.9. The fraction of sp³-hybridized carbons (Fsp3) is 0.409. The van der Waals surface area contributed by atoms with E-state index in [-0.39, 0.29) is 5.78 Å². The molecule has 0 spiro atoms. The Kier molecular flexibility index (Phi) is 23.6. The number of ketones is 1. The molecular weight excluding hydrogens is 299 g/mol. The Morgan fingerprint density at radius 1 is 0.750 bits per heavy atom. The Balaban J connectivity index is -0.000000484. The van der Waals surface area contributed by atoms with Crippen LogP contribution in [0.25, 0.3) is 0 Å². The van der Waals surface area contributed by atoms with Crippen molar-refractivity contribution in [1.29, 1.82) is 0 Å². The van der Waals surface area contributed by atoms with E-state index in [2.05, 4.69) is 0 Å². The first-order chi connectivity index (χ1) is 11.8. The summed E-state index contributed by atoms with van der Waals surface area (Å²) in [7, 11) is 0.500. The molecule has 0 aromatic heterocycles. The summed E-state index contributed by atoms with van der Waals surface area (Å²) >= 11 is 0. The number of alkyl halides is 1. The zero-order chi connectivity index (χ0) is 19.4. The molecule has 0 atom stereocenters. The average molecular weight is 335 g/mol. The summed E-state index contributed by atoms with van der Waals surface area (Å²) in [4.78, 5) is 11.9. The molecular formula is C22H35FO. The summed E-state index contributed by atoms with van der Waals surface area (Å²) in [6.45, 7) is 14.0. The number of rotatable bonds is 3. The maximum absolute atomic E-state index is 11.9. The van der Waals surface area contributed by atoms with Gasteiger partial charge in [-0.15, -0.1) is 0 Å². The molecule has 0 aliphatic heterocycles. The highest BCUT2D eigenvalue weighted by Crippen LogP contribution is 2.08. The lowest BCUT2D eigenvalue weighted by atomic mass is 10.0. The molecule has 0 aliphatic carbocycles. The van der Waals surface area contributed by atoms with Gasteiger partial charge in [-0.2, -0.15) is 0 Å². The van der Waals surface area contributed by atoms with Crippen molar-refractivity contribution < 1.29 is 9.18 Å². The molecule has 0 heterocycles. The van der Waals surface area contributed by atoms with Crippen molar-refractivity contribution in [3.63, 3.8) is 0 Å². The summed E-state index contributed by atoms with van der Waals surface area (Å²) in [5, 5.41) is 0. The lowest BCUT2D eigenvalue weighted by Crippen LogP contribution is -2.03. The minimum absolute atomic E-state index is 0.172. The Morgan fingerprint density at radius 2 is 1.17 bits per heavy atom. The van der Waals surface area contributed by atoms with Crippen molar-refractivity contribution in [2.24, 2.45) is 0 Å². The van der Waals surface area contributed by atoms with Crippen LogP contribution in [0.4, 0.5) is 4.39 Å². The van der Waals surface area contributed by atoms with Gasteiger partial charge in [0.25, 0.3) is 0 Å². The largest absolute Gasteiger partial charge is 0.294 e. The number of hydrogen-bond acceptors (Lipinski definition) is 1. The van der Waals surface area contributed by atoms with Gasteiger partial charge in [-0.25, -0.2) is 0 Å². The molecule has 0 bridgehead atoms. The Labute approximate surface area is 148 Å². The van der Waals surface area contributed by atoms with E-state index in [1.807, 2.05) is 103 Å². The van der Waals surface area contributed by atoms with Crippen molar-refractivity contribution in [3.8, 4) is 0 Å². The van der Waals surface area contributed by atoms with Crippen LogP contribution in [0.3, 0.4) is 0 Å². The molecule has 0 N–H and O–H groups in total. The zero-order valence-electron chi connectivity index (χ0n) is 16.7. The third kappa shape index (κ3) is 12.6. The summed E-state index contributed by atoms with van der Waals surface area (Å²) < 4.78 is 9.50. The smallest absolute Gasteiger partial charge is 0.167 e. The first kappa shape index (κ1) is 26.9. The average Bonchev–Trinajstić information content (AvgIpc) is 2.69. The Bertz CT molecular complexity index is 475. The summed E-state index contributed by atoms with van der Waals surface area (Å²) in [5.41, 5.74) is 3.03. The number of carbonyl (C=O) groups excluding carboxylic acids is 1. The van der Waals surface area contributed by atoms with Gasteiger partial charge in [-0.3, -0.25) is 9.18 Å². The van der Waals surface area contributed by atoms with Crippen LogP contribution in [-0.4, -0.2) is 13.0 Å². The SMILES string of the molecule is CC.CC.CC.CF.Cc1ccc(C(=O)Cc2ccccc2)cc1. The molecule has 0 radical (unpaired) electrons. The minimum atomic E-state index is 0.172. The van der Waals surface area contributed by atoms with Gasteiger partial charge in [0.15, 0.2) is 5.78 Å². The highest BCUT2D eigenvalue weighted by molar-refractivity contribution is 5.97. The van der Waals surface area contributed by atoms with Crippen LogP contribution in [0.15, 0.2) is 54.6 Å². The highest BCUT2D eigenvalue weighted by Gasteiger charge is 2.05. The molecule has 0 aliphatic rings. The van der Waals surface area contributed by atoms with Gasteiger partial charge in [0.05, 0.1) is 7.18 Å². The Hall–Kier alpha value is -1.96. The van der Waals surface area contributed by atoms with Gasteiger partial charge in [-0.1, -0.05) is 102 Å². The van der Waals surface area contributed by atoms with Crippen LogP contribution >= 0.6 is 0 Å². The van der Waals surface area contributed by atoms with Gasteiger partial charge >= 0.3 is 0 Å². The summed E-state index contributed by atoms with van der Waals surface area (Å²) in [6.07, 6.45) is 0.476. The first-order valence-corrected chi connectivity index (χ1v) is 8.77. The molecule has 2 rings (SSSR count). The van der Waals surface area contributed by atoms with Gasteiger partial charge in [0.2, 0.25) is 0 Å². The van der Waals surface area contributed by atoms with E-state index in [1.165, 1.54) is 5.56 Å². The number of benzene rings is 2. The van der Waals surface area contributed by atoms with Crippen LogP contribution in [0.5, 0.6) is 0 Å². The third-order valence-electron chi connectivity index (χ3n) is 2.58. The molecule has 2 heteroatoms. The van der Waals surface area contributed by atoms with Gasteiger partial charge in [0, 0.05) is 12.0 Å². The standard InChI is InChI=1S/C15H14O.3C2H6.CH3F/c1-12-7-9-14(10-8-12)15(16)11-13-5-3-2-4-6-13;4*1-2/h2-10H,11H2,1H3;3*1-2H3;1H3. The van der Waals surface area contributed by atoms with E-state index in [0.717, 1.165) is 11.1 Å². The van der Waals surface area contributed by atoms with Crippen molar-refractivity contribution in [2.45, 2.75) is 54.9 Å². The fourth-order valence-electron chi connectivity index (χ4n) is 1.62. The molecule has 0 unspecified atom stereocenters. The molecule has 2 aromatic rings. The van der Waals surface area contributed by atoms with Crippen LogP contribution in [-0.2, 0) is 6.42 Å². The van der Waals surface area contributed by atoms with Crippen molar-refractivity contribution >= 4 is 5.78 Å². The third-order valence-corrected chi connectivity index (χ3v) is 2.58. The second kappa shape index (κ2) is 21.0. The molecule has 1 nitrogen and oxygen atoms in total. The van der Waals surface area contributed by atoms with E-state index in [0.29, 0.717) is 13.6 Å². The fourth-order valence-corrected chi connectivity index (χ4v) is 1.62. The molecule has 0 saturated heterocycles. The van der Waals surface area contributed by atoms with E-state index in [1.54, 1.807) is 0 Å². The topological polar surface area (TPSA) is 17.1 Å². The van der Waals surface area contributed by atoms with Gasteiger partial charge in [-0.05, 0) is 12.5 Å². The minimum Gasteiger partial charge on any atom is -0.294 e. The lowest BCUT2D eigenvalue weighted by molar-refractivity contribution is 0.0993. The van der Waals surface area contributed by atoms with E-state index in [4.69, 9.17) is 0 Å². The van der Waals surface area contributed by atoms with Crippen molar-refractivity contribution in [2.75, 3.05) is 7.18 Å². The summed E-state index contributed by atoms with van der Waals surface area (Å²) in [5.74, 6) is 0.172. The van der Waals surface area contributed by atoms with Crippen LogP contribution in [0.2, 0.25) is 0 Å². The van der Waals surface area contributed by atoms with Gasteiger partial charge < -0.3 is 0 Å². The molecule has 136 valence electrons. The lowest BCUT2D eigenvalue weighted by Gasteiger charge is -2.01. The van der Waals surface area contributed by atoms with Crippen molar-refractivity contribution in [1.82, 2.24) is 0 Å². The number of halogens is 1. The predicted octanol–water partition coefficient (Wildman–Crippen LogP) is 7.08. The van der Waals surface area contributed by atoms with E-state index < -0.39 is 0 Å². The normalized spacial score (nSPS) is 7.71. The number of carbonyl (C=O) groups is 1. The molecule has 2 aromatic carbocycles. The van der Waals surface area contributed by atoms with E-state index in [9.17, 15) is 9.18 Å². The van der Waals surface area contributed by atoms with Crippen LogP contribution in [0, 0.1) is 6.92 Å². The number of hydrogen-bond donors (Lipinski definition) is 0.